The molecule has 0 saturated carbocycles. The van der Waals surface area contributed by atoms with Gasteiger partial charge in [-0.3, -0.25) is 4.79 Å². The lowest BCUT2D eigenvalue weighted by Gasteiger charge is -2.07. The Hall–Kier alpha value is -0.790. The van der Waals surface area contributed by atoms with Gasteiger partial charge in [-0.25, -0.2) is 0 Å². The van der Waals surface area contributed by atoms with E-state index >= 15 is 0 Å². The molecule has 0 aromatic rings. The number of hydrogen-bond donors (Lipinski definition) is 0. The standard InChI is InChI=1S/C14H27NO/c1-4-5-6-7-8-9-10-11-14(13-16)12-15(2)3/h12-13H,4-11H2,1-3H3/b14-12-. The van der Waals surface area contributed by atoms with Gasteiger partial charge in [-0.1, -0.05) is 45.4 Å². The first-order valence-electron chi connectivity index (χ1n) is 6.53. The Morgan fingerprint density at radius 1 is 1.00 bits per heavy atom. The van der Waals surface area contributed by atoms with Gasteiger partial charge in [0.2, 0.25) is 0 Å². The second-order valence-electron chi connectivity index (χ2n) is 4.66. The summed E-state index contributed by atoms with van der Waals surface area (Å²) in [6.45, 7) is 2.24. The largest absolute Gasteiger partial charge is 0.383 e. The molecule has 94 valence electrons. The SMILES string of the molecule is CCCCCCCCC/C(C=O)=C/N(C)C. The van der Waals surface area contributed by atoms with E-state index in [1.54, 1.807) is 0 Å². The fourth-order valence-corrected chi connectivity index (χ4v) is 1.77. The van der Waals surface area contributed by atoms with E-state index < -0.39 is 0 Å². The molecule has 0 fully saturated rings. The lowest BCUT2D eigenvalue weighted by Crippen LogP contribution is -2.03. The van der Waals surface area contributed by atoms with Gasteiger partial charge in [-0.15, -0.1) is 0 Å². The third-order valence-corrected chi connectivity index (χ3v) is 2.64. The summed E-state index contributed by atoms with van der Waals surface area (Å²) >= 11 is 0. The predicted octanol–water partition coefficient (Wildman–Crippen LogP) is 3.77. The molecule has 0 aliphatic heterocycles. The molecule has 0 aliphatic rings. The lowest BCUT2D eigenvalue weighted by atomic mass is 10.1. The molecule has 0 heterocycles. The summed E-state index contributed by atoms with van der Waals surface area (Å²) < 4.78 is 0. The molecule has 0 spiro atoms. The summed E-state index contributed by atoms with van der Waals surface area (Å²) in [4.78, 5) is 12.7. The number of allylic oxidation sites excluding steroid dienone is 1. The Balaban J connectivity index is 3.45. The zero-order chi connectivity index (χ0) is 12.2. The minimum Gasteiger partial charge on any atom is -0.383 e. The van der Waals surface area contributed by atoms with Gasteiger partial charge in [0.1, 0.15) is 6.29 Å². The van der Waals surface area contributed by atoms with Crippen molar-refractivity contribution in [2.45, 2.75) is 58.3 Å². The highest BCUT2D eigenvalue weighted by atomic mass is 16.1. The van der Waals surface area contributed by atoms with Crippen molar-refractivity contribution >= 4 is 6.29 Å². The van der Waals surface area contributed by atoms with Crippen molar-refractivity contribution in [3.63, 3.8) is 0 Å². The normalized spacial score (nSPS) is 11.6. The summed E-state index contributed by atoms with van der Waals surface area (Å²) in [5.74, 6) is 0. The Kier molecular flexibility index (Phi) is 10.2. The van der Waals surface area contributed by atoms with Crippen LogP contribution in [0.2, 0.25) is 0 Å². The maximum Gasteiger partial charge on any atom is 0.147 e. The Morgan fingerprint density at radius 2 is 1.56 bits per heavy atom. The van der Waals surface area contributed by atoms with E-state index in [-0.39, 0.29) is 0 Å². The highest BCUT2D eigenvalue weighted by Gasteiger charge is 1.97. The molecular weight excluding hydrogens is 198 g/mol. The van der Waals surface area contributed by atoms with Crippen LogP contribution in [-0.4, -0.2) is 25.3 Å². The summed E-state index contributed by atoms with van der Waals surface area (Å²) in [6.07, 6.45) is 12.9. The topological polar surface area (TPSA) is 20.3 Å². The van der Waals surface area contributed by atoms with Crippen LogP contribution >= 0.6 is 0 Å². The van der Waals surface area contributed by atoms with Crippen molar-refractivity contribution < 1.29 is 4.79 Å². The van der Waals surface area contributed by atoms with E-state index in [2.05, 4.69) is 6.92 Å². The van der Waals surface area contributed by atoms with Crippen LogP contribution in [0.25, 0.3) is 0 Å². The lowest BCUT2D eigenvalue weighted by molar-refractivity contribution is -0.105. The molecular formula is C14H27NO. The fraction of sp³-hybridized carbons (Fsp3) is 0.786. The molecule has 0 saturated heterocycles. The monoisotopic (exact) mass is 225 g/mol. The van der Waals surface area contributed by atoms with Gasteiger partial charge in [-0.05, 0) is 12.8 Å². The van der Waals surface area contributed by atoms with Crippen molar-refractivity contribution in [2.75, 3.05) is 14.1 Å². The second-order valence-corrected chi connectivity index (χ2v) is 4.66. The molecule has 0 radical (unpaired) electrons. The quantitative estimate of drug-likeness (QED) is 0.320. The van der Waals surface area contributed by atoms with Gasteiger partial charge in [0.15, 0.2) is 0 Å². The maximum atomic E-state index is 10.8. The van der Waals surface area contributed by atoms with Gasteiger partial charge in [0, 0.05) is 25.9 Å². The average Bonchev–Trinajstić information content (AvgIpc) is 2.25. The first-order chi connectivity index (χ1) is 7.70. The van der Waals surface area contributed by atoms with Crippen LogP contribution in [0.3, 0.4) is 0 Å². The van der Waals surface area contributed by atoms with E-state index in [0.717, 1.165) is 24.7 Å². The number of hydrogen-bond acceptors (Lipinski definition) is 2. The van der Waals surface area contributed by atoms with Crippen LogP contribution in [0, 0.1) is 0 Å². The Bertz CT molecular complexity index is 197. The number of rotatable bonds is 10. The zero-order valence-electron chi connectivity index (χ0n) is 11.2. The molecule has 0 aliphatic carbocycles. The van der Waals surface area contributed by atoms with E-state index in [0.29, 0.717) is 0 Å². The van der Waals surface area contributed by atoms with Gasteiger partial charge in [0.05, 0.1) is 0 Å². The van der Waals surface area contributed by atoms with E-state index in [4.69, 9.17) is 0 Å². The number of carbonyl (C=O) groups is 1. The van der Waals surface area contributed by atoms with Gasteiger partial charge in [-0.2, -0.15) is 0 Å². The molecule has 0 rings (SSSR count). The summed E-state index contributed by atoms with van der Waals surface area (Å²) in [5.41, 5.74) is 0.915. The summed E-state index contributed by atoms with van der Waals surface area (Å²) in [5, 5.41) is 0. The third kappa shape index (κ3) is 9.75. The molecule has 0 atom stereocenters. The molecule has 2 nitrogen and oxygen atoms in total. The fourth-order valence-electron chi connectivity index (χ4n) is 1.77. The first kappa shape index (κ1) is 15.2. The van der Waals surface area contributed by atoms with Crippen molar-refractivity contribution in [2.24, 2.45) is 0 Å². The molecule has 2 heteroatoms. The van der Waals surface area contributed by atoms with E-state index in [1.807, 2.05) is 25.2 Å². The smallest absolute Gasteiger partial charge is 0.147 e. The number of nitrogens with zero attached hydrogens (tertiary/aromatic N) is 1. The van der Waals surface area contributed by atoms with E-state index in [9.17, 15) is 4.79 Å². The van der Waals surface area contributed by atoms with E-state index in [1.165, 1.54) is 38.5 Å². The minimum atomic E-state index is 0.915. The number of aldehydes is 1. The third-order valence-electron chi connectivity index (χ3n) is 2.64. The van der Waals surface area contributed by atoms with Crippen LogP contribution in [0.1, 0.15) is 58.3 Å². The molecule has 0 N–H and O–H groups in total. The van der Waals surface area contributed by atoms with Crippen molar-refractivity contribution in [3.05, 3.63) is 11.8 Å². The van der Waals surface area contributed by atoms with Crippen molar-refractivity contribution in [3.8, 4) is 0 Å². The highest BCUT2D eigenvalue weighted by molar-refractivity contribution is 5.72. The van der Waals surface area contributed by atoms with Crippen LogP contribution in [0.5, 0.6) is 0 Å². The molecule has 0 aromatic carbocycles. The van der Waals surface area contributed by atoms with Crippen LogP contribution in [0.15, 0.2) is 11.8 Å². The van der Waals surface area contributed by atoms with Crippen molar-refractivity contribution in [1.29, 1.82) is 0 Å². The minimum absolute atomic E-state index is 0.915. The van der Waals surface area contributed by atoms with Crippen LogP contribution < -0.4 is 0 Å². The maximum absolute atomic E-state index is 10.8. The molecule has 16 heavy (non-hydrogen) atoms. The van der Waals surface area contributed by atoms with Gasteiger partial charge < -0.3 is 4.90 Å². The molecule has 0 unspecified atom stereocenters. The van der Waals surface area contributed by atoms with Crippen LogP contribution in [-0.2, 0) is 4.79 Å². The Labute approximate surface area is 101 Å². The summed E-state index contributed by atoms with van der Waals surface area (Å²) in [7, 11) is 3.91. The van der Waals surface area contributed by atoms with Gasteiger partial charge in [0.25, 0.3) is 0 Å². The molecule has 0 bridgehead atoms. The Morgan fingerprint density at radius 3 is 2.06 bits per heavy atom. The summed E-state index contributed by atoms with van der Waals surface area (Å²) in [6, 6.07) is 0. The highest BCUT2D eigenvalue weighted by Crippen LogP contribution is 2.11. The second kappa shape index (κ2) is 10.7. The zero-order valence-corrected chi connectivity index (χ0v) is 11.2. The predicted molar refractivity (Wildman–Crippen MR) is 70.4 cm³/mol. The van der Waals surface area contributed by atoms with Gasteiger partial charge >= 0.3 is 0 Å². The molecule has 0 amide bonds. The number of carbonyl (C=O) groups excluding carboxylic acids is 1. The first-order valence-corrected chi connectivity index (χ1v) is 6.53. The van der Waals surface area contributed by atoms with Crippen LogP contribution in [0.4, 0.5) is 0 Å². The average molecular weight is 225 g/mol. The van der Waals surface area contributed by atoms with Crippen molar-refractivity contribution in [1.82, 2.24) is 4.90 Å². The number of unbranched alkanes of at least 4 members (excludes halogenated alkanes) is 6. The molecule has 0 aromatic heterocycles.